The van der Waals surface area contributed by atoms with Crippen molar-refractivity contribution in [3.05, 3.63) is 84.3 Å². The maximum Gasteiger partial charge on any atom is 0.225 e. The lowest BCUT2D eigenvalue weighted by Crippen LogP contribution is -2.37. The molecule has 21 heteroatoms. The van der Waals surface area contributed by atoms with Gasteiger partial charge in [0.05, 0.1) is 69.6 Å². The Labute approximate surface area is 587 Å². The van der Waals surface area contributed by atoms with Crippen LogP contribution in [0.25, 0.3) is 55.6 Å². The number of furan rings is 1. The molecule has 5 aromatic heterocycles. The van der Waals surface area contributed by atoms with E-state index in [9.17, 15) is 0 Å². The molecule has 21 nitrogen and oxygen atoms in total. The molecule has 5 N–H and O–H groups in total. The maximum atomic E-state index is 6.22. The maximum absolute atomic E-state index is 6.22. The molecule has 0 unspecified atom stereocenters. The molecule has 0 spiro atoms. The van der Waals surface area contributed by atoms with Crippen LogP contribution in [0.4, 0.5) is 23.1 Å². The summed E-state index contributed by atoms with van der Waals surface area (Å²) in [5, 5.41) is 17.8. The highest BCUT2D eigenvalue weighted by molar-refractivity contribution is 5.97. The zero-order valence-corrected chi connectivity index (χ0v) is 61.0. The SMILES string of the molecule is CCCCCCNc1nc(NC2CCN(C)CC2)c2cc(OC)c(OC)cc2n1.COc1cc2c(NC3CCN(C)CC3)cc(-c3ccc(C)[nH]3)nc2cc1OCCCN1CCCC1.COc1cc2c(NC3CCN(C)CC3)cc(-c3ccc(C)o3)nc2cc1OCCCN1CCCC1. The standard InChI is InChI=1S/C28H39N5O2.C28H38N4O3.C22H35N5O2/c1-20-7-8-23(29-20)26-18-24(30-21-9-14-32(2)15-10-21)22-17-27(34-3)28(19-25(22)31-26)35-16-6-13-33-11-4-5-12-33;1-20-7-8-26(35-20)25-18-23(29-21-9-14-31(2)15-10-21)22-17-27(33-3)28(19-24(22)30-25)34-16-6-13-32-11-4-5-12-32;1-5-6-7-8-11-23-22-25-18-15-20(29-4)19(28-3)14-17(18)21(26-22)24-16-9-12-27(2)13-10-16/h7-8,17-19,21,29H,4-6,9-16H2,1-3H3,(H,30,31);7-8,17-19,21H,4-6,9-16H2,1-3H3,(H,29,30);14-16H,5-13H2,1-4H3,(H2,23,24,25,26). The predicted molar refractivity (Wildman–Crippen MR) is 403 cm³/mol. The lowest BCUT2D eigenvalue weighted by molar-refractivity contribution is 0.254. The molecular weight excluding hydrogens is 1240 g/mol. The molecule has 99 heavy (non-hydrogen) atoms. The van der Waals surface area contributed by atoms with Crippen molar-refractivity contribution in [2.45, 2.75) is 142 Å². The van der Waals surface area contributed by atoms with Gasteiger partial charge < -0.3 is 83.6 Å². The smallest absolute Gasteiger partial charge is 0.225 e. The van der Waals surface area contributed by atoms with Gasteiger partial charge in [-0.05, 0) is 239 Å². The quantitative estimate of drug-likeness (QED) is 0.0290. The first-order valence-electron chi connectivity index (χ1n) is 36.8. The van der Waals surface area contributed by atoms with Gasteiger partial charge in [-0.3, -0.25) is 0 Å². The van der Waals surface area contributed by atoms with Crippen LogP contribution < -0.4 is 49.7 Å². The van der Waals surface area contributed by atoms with Gasteiger partial charge in [0, 0.05) is 89.2 Å². The Bertz CT molecular complexity index is 3650. The van der Waals surface area contributed by atoms with Gasteiger partial charge >= 0.3 is 0 Å². The Morgan fingerprint density at radius 2 is 0.939 bits per heavy atom. The zero-order chi connectivity index (χ0) is 69.0. The Morgan fingerprint density at radius 3 is 1.42 bits per heavy atom. The molecule has 0 radical (unpaired) electrons. The molecule has 5 aliphatic rings. The van der Waals surface area contributed by atoms with Crippen molar-refractivity contribution >= 4 is 55.8 Å². The van der Waals surface area contributed by atoms with Gasteiger partial charge in [0.25, 0.3) is 0 Å². The monoisotopic (exact) mass is 1360 g/mol. The number of nitrogens with one attached hydrogen (secondary N) is 5. The molecule has 0 amide bonds. The first-order chi connectivity index (χ1) is 48.3. The summed E-state index contributed by atoms with van der Waals surface area (Å²) in [5.74, 6) is 7.56. The first kappa shape index (κ1) is 72.4. The van der Waals surface area contributed by atoms with Crippen molar-refractivity contribution in [2.24, 2.45) is 0 Å². The van der Waals surface area contributed by atoms with E-state index in [-0.39, 0.29) is 0 Å². The fourth-order valence-electron chi connectivity index (χ4n) is 14.2. The number of anilines is 4. The third kappa shape index (κ3) is 20.0. The predicted octanol–water partition coefficient (Wildman–Crippen LogP) is 14.2. The van der Waals surface area contributed by atoms with Gasteiger partial charge in [0.2, 0.25) is 5.95 Å². The highest BCUT2D eigenvalue weighted by atomic mass is 16.5. The van der Waals surface area contributed by atoms with E-state index in [4.69, 9.17) is 52.8 Å². The second-order valence-electron chi connectivity index (χ2n) is 27.9. The summed E-state index contributed by atoms with van der Waals surface area (Å²) >= 11 is 0. The Kier molecular flexibility index (Phi) is 26.3. The molecule has 10 heterocycles. The first-order valence-corrected chi connectivity index (χ1v) is 36.8. The molecule has 13 rings (SSSR count). The summed E-state index contributed by atoms with van der Waals surface area (Å²) in [6.45, 7) is 22.1. The van der Waals surface area contributed by atoms with Gasteiger partial charge in [-0.15, -0.1) is 0 Å². The van der Waals surface area contributed by atoms with Crippen LogP contribution in [-0.4, -0.2) is 215 Å². The molecule has 5 fully saturated rings. The summed E-state index contributed by atoms with van der Waals surface area (Å²) in [7, 11) is 13.3. The second-order valence-corrected chi connectivity index (χ2v) is 27.9. The third-order valence-corrected chi connectivity index (χ3v) is 20.2. The minimum absolute atomic E-state index is 0.412. The van der Waals surface area contributed by atoms with Crippen LogP contribution in [0.3, 0.4) is 0 Å². The number of H-pyrrole nitrogens is 1. The van der Waals surface area contributed by atoms with Crippen molar-refractivity contribution in [3.8, 4) is 57.3 Å². The lowest BCUT2D eigenvalue weighted by Gasteiger charge is -2.30. The third-order valence-electron chi connectivity index (χ3n) is 20.2. The average molecular weight is 1360 g/mol. The number of hydrogen-bond acceptors (Lipinski definition) is 20. The second kappa shape index (κ2) is 36.0. The molecular formula is C78H112N14O7. The number of piperidine rings is 3. The van der Waals surface area contributed by atoms with Crippen LogP contribution in [0.1, 0.15) is 121 Å². The minimum atomic E-state index is 0.412. The minimum Gasteiger partial charge on any atom is -0.493 e. The van der Waals surface area contributed by atoms with Crippen molar-refractivity contribution in [1.29, 1.82) is 0 Å². The fraction of sp³-hybridized carbons (Fsp3) is 0.564. The number of pyridine rings is 2. The largest absolute Gasteiger partial charge is 0.493 e. The highest BCUT2D eigenvalue weighted by Crippen LogP contribution is 2.41. The Hall–Kier alpha value is -7.82. The number of rotatable bonds is 28. The number of nitrogens with zero attached hydrogens (tertiary/aromatic N) is 9. The van der Waals surface area contributed by atoms with E-state index in [2.05, 4.69) is 122 Å². The van der Waals surface area contributed by atoms with Crippen LogP contribution in [0.15, 0.2) is 77.2 Å². The van der Waals surface area contributed by atoms with Gasteiger partial charge in [-0.25, -0.2) is 15.0 Å². The molecule has 5 saturated heterocycles. The van der Waals surface area contributed by atoms with Gasteiger partial charge in [0.15, 0.2) is 40.3 Å². The number of aromatic amines is 1. The van der Waals surface area contributed by atoms with E-state index in [1.54, 1.807) is 28.4 Å². The van der Waals surface area contributed by atoms with Crippen LogP contribution >= 0.6 is 0 Å². The summed E-state index contributed by atoms with van der Waals surface area (Å²) in [6.07, 6.45) is 18.8. The molecule has 0 aliphatic carbocycles. The van der Waals surface area contributed by atoms with Crippen molar-refractivity contribution < 1.29 is 32.8 Å². The van der Waals surface area contributed by atoms with E-state index in [0.717, 1.165) is 224 Å². The van der Waals surface area contributed by atoms with Crippen LogP contribution in [-0.2, 0) is 0 Å². The van der Waals surface area contributed by atoms with Gasteiger partial charge in [0.1, 0.15) is 17.3 Å². The average Bonchev–Trinajstić information content (AvgIpc) is 1.51. The normalized spacial score (nSPS) is 17.1. The molecule has 0 saturated carbocycles. The molecule has 8 aromatic rings. The van der Waals surface area contributed by atoms with E-state index in [1.807, 2.05) is 43.3 Å². The van der Waals surface area contributed by atoms with Crippen LogP contribution in [0.5, 0.6) is 34.5 Å². The molecule has 3 aromatic carbocycles. The van der Waals surface area contributed by atoms with E-state index in [1.165, 1.54) is 71.1 Å². The van der Waals surface area contributed by atoms with Crippen LogP contribution in [0, 0.1) is 13.8 Å². The van der Waals surface area contributed by atoms with E-state index in [0.29, 0.717) is 48.8 Å². The van der Waals surface area contributed by atoms with Crippen molar-refractivity contribution in [3.63, 3.8) is 0 Å². The van der Waals surface area contributed by atoms with Gasteiger partial charge in [-0.2, -0.15) is 4.98 Å². The summed E-state index contributed by atoms with van der Waals surface area (Å²) < 4.78 is 40.8. The zero-order valence-electron chi connectivity index (χ0n) is 61.0. The number of aryl methyl sites for hydroxylation is 2. The summed E-state index contributed by atoms with van der Waals surface area (Å²) in [6, 6.07) is 25.8. The molecule has 536 valence electrons. The molecule has 0 bridgehead atoms. The number of likely N-dealkylation sites (tertiary alicyclic amines) is 5. The lowest BCUT2D eigenvalue weighted by atomic mass is 10.0. The number of unbranched alkanes of at least 4 members (excludes halogenated alkanes) is 3. The number of aromatic nitrogens is 5. The van der Waals surface area contributed by atoms with Crippen LogP contribution in [0.2, 0.25) is 0 Å². The Balaban J connectivity index is 0.000000151. The number of hydrogen-bond donors (Lipinski definition) is 5. The topological polar surface area (TPSA) is 200 Å². The Morgan fingerprint density at radius 1 is 0.475 bits per heavy atom. The van der Waals surface area contributed by atoms with Crippen molar-refractivity contribution in [2.75, 3.05) is 169 Å². The number of benzene rings is 3. The van der Waals surface area contributed by atoms with Crippen molar-refractivity contribution in [1.82, 2.24) is 49.4 Å². The van der Waals surface area contributed by atoms with E-state index < -0.39 is 0 Å². The summed E-state index contributed by atoms with van der Waals surface area (Å²) in [5.41, 5.74) is 8.73. The fourth-order valence-corrected chi connectivity index (χ4v) is 14.2. The number of ether oxygens (including phenoxy) is 6. The van der Waals surface area contributed by atoms with E-state index >= 15 is 0 Å². The molecule has 0 atom stereocenters. The number of methoxy groups -OCH3 is 4. The highest BCUT2D eigenvalue weighted by Gasteiger charge is 2.25. The number of fused-ring (bicyclic) bond motifs is 3. The van der Waals surface area contributed by atoms with Gasteiger partial charge in [-0.1, -0.05) is 26.2 Å². The molecule has 5 aliphatic heterocycles. The summed E-state index contributed by atoms with van der Waals surface area (Å²) in [4.78, 5) is 35.2.